The molecule has 11 aromatic rings. The van der Waals surface area contributed by atoms with Gasteiger partial charge < -0.3 is 4.42 Å². The number of aryl methyl sites for hydroxylation is 1. The van der Waals surface area contributed by atoms with Crippen molar-refractivity contribution in [1.82, 2.24) is 14.5 Å². The van der Waals surface area contributed by atoms with Crippen molar-refractivity contribution < 1.29 is 4.42 Å². The summed E-state index contributed by atoms with van der Waals surface area (Å²) in [6.45, 7) is 14.1. The second-order valence-electron chi connectivity index (χ2n) is 13.0. The second kappa shape index (κ2) is 14.0. The van der Waals surface area contributed by atoms with E-state index < -0.39 is 0 Å². The second-order valence-corrected chi connectivity index (χ2v) is 15.3. The summed E-state index contributed by atoms with van der Waals surface area (Å²) in [7, 11) is 0. The van der Waals surface area contributed by atoms with Gasteiger partial charge >= 0.3 is 0 Å². The van der Waals surface area contributed by atoms with Gasteiger partial charge in [-0.15, -0.1) is 22.7 Å². The molecule has 0 aliphatic rings. The molecule has 0 aliphatic carbocycles. The van der Waals surface area contributed by atoms with Crippen LogP contribution in [0.15, 0.2) is 138 Å². The van der Waals surface area contributed by atoms with Gasteiger partial charge in [-0.3, -0.25) is 4.57 Å². The topological polar surface area (TPSA) is 43.9 Å². The van der Waals surface area contributed by atoms with Gasteiger partial charge in [0.15, 0.2) is 11.6 Å². The zero-order valence-corrected chi connectivity index (χ0v) is 33.1. The van der Waals surface area contributed by atoms with Crippen LogP contribution in [0, 0.1) is 6.92 Å². The quantitative estimate of drug-likeness (QED) is 0.168. The average Bonchev–Trinajstić information content (AvgIpc) is 3.99. The summed E-state index contributed by atoms with van der Waals surface area (Å²) >= 11 is 3.65. The number of nitrogens with zero attached hydrogens (tertiary/aromatic N) is 3. The van der Waals surface area contributed by atoms with Crippen LogP contribution in [-0.4, -0.2) is 14.5 Å². The zero-order chi connectivity index (χ0) is 37.8. The Morgan fingerprint density at radius 1 is 0.636 bits per heavy atom. The van der Waals surface area contributed by atoms with Crippen molar-refractivity contribution in [3.05, 3.63) is 144 Å². The van der Waals surface area contributed by atoms with Crippen LogP contribution in [0.1, 0.15) is 38.1 Å². The average molecular weight is 750 g/mol. The van der Waals surface area contributed by atoms with Crippen LogP contribution >= 0.6 is 22.7 Å². The van der Waals surface area contributed by atoms with Crippen molar-refractivity contribution >= 4 is 114 Å². The Labute approximate surface area is 327 Å². The van der Waals surface area contributed by atoms with E-state index in [9.17, 15) is 0 Å². The zero-order valence-electron chi connectivity index (χ0n) is 31.5. The van der Waals surface area contributed by atoms with E-state index in [1.807, 2.05) is 63.3 Å². The van der Waals surface area contributed by atoms with Crippen molar-refractivity contribution in [2.75, 3.05) is 0 Å². The molecule has 0 aliphatic heterocycles. The highest BCUT2D eigenvalue weighted by atomic mass is 32.1. The lowest BCUT2D eigenvalue weighted by Gasteiger charge is -2.12. The van der Waals surface area contributed by atoms with Gasteiger partial charge in [-0.05, 0) is 59.7 Å². The summed E-state index contributed by atoms with van der Waals surface area (Å²) in [6, 6.07) is 41.1. The molecule has 0 unspecified atom stereocenters. The number of hydrogen-bond donors (Lipinski definition) is 0. The third-order valence-electron chi connectivity index (χ3n) is 10.2. The summed E-state index contributed by atoms with van der Waals surface area (Å²) in [5, 5.41) is 10.6. The number of thiophene rings is 2. The van der Waals surface area contributed by atoms with E-state index >= 15 is 0 Å². The summed E-state index contributed by atoms with van der Waals surface area (Å²) < 4.78 is 12.7. The Hall–Kier alpha value is -6.08. The van der Waals surface area contributed by atoms with Crippen LogP contribution in [0.4, 0.5) is 0 Å². The standard InChI is InChI=1S/C45H27N3OS2.2C2H6/c1-3-4-13-27-25(2)50-37-23-22-26(24-33(27)37)43-46-44(40-31-17-8-11-20-35(31)49-45(40)47-43)48-34-19-10-7-16-30(34)38-28-14-5-6-15-29(28)39-32-18-9-12-21-36(32)51-42(39)41(38)48;2*1-2/h3-24H,1H2,2H3;2*1-2H3/b13-4-;;. The van der Waals surface area contributed by atoms with E-state index in [1.54, 1.807) is 11.3 Å². The van der Waals surface area contributed by atoms with Crippen LogP contribution in [0.3, 0.4) is 0 Å². The molecule has 0 radical (unpaired) electrons. The largest absolute Gasteiger partial charge is 0.437 e. The van der Waals surface area contributed by atoms with Gasteiger partial charge in [0.25, 0.3) is 0 Å². The van der Waals surface area contributed by atoms with Gasteiger partial charge in [0.1, 0.15) is 5.58 Å². The molecule has 6 aromatic carbocycles. The summed E-state index contributed by atoms with van der Waals surface area (Å²) in [4.78, 5) is 12.0. The molecular weight excluding hydrogens is 711 g/mol. The number of hydrogen-bond acceptors (Lipinski definition) is 5. The summed E-state index contributed by atoms with van der Waals surface area (Å²) in [5.41, 5.74) is 5.75. The Morgan fingerprint density at radius 2 is 1.29 bits per heavy atom. The normalized spacial score (nSPS) is 11.7. The van der Waals surface area contributed by atoms with E-state index in [0.717, 1.165) is 38.8 Å². The molecule has 0 atom stereocenters. The molecule has 0 N–H and O–H groups in total. The van der Waals surface area contributed by atoms with E-state index in [4.69, 9.17) is 14.4 Å². The number of benzene rings is 6. The van der Waals surface area contributed by atoms with Crippen molar-refractivity contribution in [3.8, 4) is 17.2 Å². The predicted octanol–water partition coefficient (Wildman–Crippen LogP) is 15.4. The molecular formula is C49H39N3OS2. The summed E-state index contributed by atoms with van der Waals surface area (Å²) in [6.07, 6.45) is 5.95. The van der Waals surface area contributed by atoms with Crippen molar-refractivity contribution in [1.29, 1.82) is 0 Å². The number of fused-ring (bicyclic) bond motifs is 14. The highest BCUT2D eigenvalue weighted by Crippen LogP contribution is 2.48. The van der Waals surface area contributed by atoms with Crippen LogP contribution in [0.2, 0.25) is 0 Å². The van der Waals surface area contributed by atoms with Crippen molar-refractivity contribution in [3.63, 3.8) is 0 Å². The molecule has 0 saturated heterocycles. The highest BCUT2D eigenvalue weighted by Gasteiger charge is 2.26. The number of furan rings is 1. The lowest BCUT2D eigenvalue weighted by Crippen LogP contribution is -2.02. The monoisotopic (exact) mass is 749 g/mol. The van der Waals surface area contributed by atoms with E-state index in [0.29, 0.717) is 11.5 Å². The fraction of sp³-hybridized carbons (Fsp3) is 0.102. The van der Waals surface area contributed by atoms with Gasteiger partial charge in [-0.1, -0.05) is 131 Å². The number of rotatable bonds is 4. The fourth-order valence-corrected chi connectivity index (χ4v) is 10.3. The lowest BCUT2D eigenvalue weighted by molar-refractivity contribution is 0.653. The molecule has 0 bridgehead atoms. The molecule has 0 amide bonds. The van der Waals surface area contributed by atoms with Crippen LogP contribution < -0.4 is 0 Å². The molecule has 55 heavy (non-hydrogen) atoms. The first-order chi connectivity index (χ1) is 27.2. The highest BCUT2D eigenvalue weighted by molar-refractivity contribution is 7.27. The minimum atomic E-state index is 0.573. The molecule has 268 valence electrons. The maximum atomic E-state index is 6.57. The minimum absolute atomic E-state index is 0.573. The van der Waals surface area contributed by atoms with Crippen molar-refractivity contribution in [2.45, 2.75) is 34.6 Å². The van der Waals surface area contributed by atoms with Crippen LogP contribution in [-0.2, 0) is 0 Å². The van der Waals surface area contributed by atoms with Gasteiger partial charge in [0, 0.05) is 52.2 Å². The Morgan fingerprint density at radius 3 is 2.07 bits per heavy atom. The molecule has 0 spiro atoms. The molecule has 0 saturated carbocycles. The smallest absolute Gasteiger partial charge is 0.233 e. The van der Waals surface area contributed by atoms with Crippen molar-refractivity contribution in [2.24, 2.45) is 0 Å². The SMILES string of the molecule is C=C/C=C\c1c(C)sc2ccc(-c3nc(-n4c5ccccc5c5c6ccccc6c6c7ccccc7sc6c54)c4c(n3)oc3ccccc34)cc12.CC.CC. The lowest BCUT2D eigenvalue weighted by atomic mass is 9.99. The molecule has 5 heterocycles. The Bertz CT molecular complexity index is 3300. The Balaban J connectivity index is 0.000000963. The van der Waals surface area contributed by atoms with Crippen LogP contribution in [0.25, 0.3) is 108 Å². The van der Waals surface area contributed by atoms with Gasteiger partial charge in [0.05, 0.1) is 21.1 Å². The third kappa shape index (κ3) is 5.24. The maximum absolute atomic E-state index is 6.57. The first-order valence-corrected chi connectivity index (χ1v) is 20.6. The molecule has 11 rings (SSSR count). The van der Waals surface area contributed by atoms with E-state index in [-0.39, 0.29) is 0 Å². The first-order valence-electron chi connectivity index (χ1n) is 19.0. The number of allylic oxidation sites excluding steroid dienone is 2. The maximum Gasteiger partial charge on any atom is 0.233 e. The minimum Gasteiger partial charge on any atom is -0.437 e. The van der Waals surface area contributed by atoms with Gasteiger partial charge in [-0.25, -0.2) is 4.98 Å². The molecule has 5 aromatic heterocycles. The van der Waals surface area contributed by atoms with Gasteiger partial charge in [0.2, 0.25) is 5.71 Å². The third-order valence-corrected chi connectivity index (χ3v) is 12.4. The van der Waals surface area contributed by atoms with Gasteiger partial charge in [-0.2, -0.15) is 4.98 Å². The first kappa shape index (κ1) is 34.7. The van der Waals surface area contributed by atoms with Crippen LogP contribution in [0.5, 0.6) is 0 Å². The molecule has 0 fully saturated rings. The fourth-order valence-electron chi connectivity index (χ4n) is 7.99. The van der Waals surface area contributed by atoms with E-state index in [1.165, 1.54) is 62.2 Å². The molecule has 4 nitrogen and oxygen atoms in total. The van der Waals surface area contributed by atoms with E-state index in [2.05, 4.69) is 127 Å². The number of aromatic nitrogens is 3. The molecule has 6 heteroatoms. The summed E-state index contributed by atoms with van der Waals surface area (Å²) in [5.74, 6) is 1.44. The predicted molar refractivity (Wildman–Crippen MR) is 242 cm³/mol. The number of para-hydroxylation sites is 2. The Kier molecular flexibility index (Phi) is 8.80.